The van der Waals surface area contributed by atoms with Gasteiger partial charge in [0.05, 0.1) is 0 Å². The molecule has 0 aromatic rings. The molecule has 136 valence electrons. The minimum atomic E-state index is -0.199. The van der Waals surface area contributed by atoms with Gasteiger partial charge >= 0.3 is 0 Å². The first-order valence-corrected chi connectivity index (χ1v) is 10.6. The molecular weight excluding hydrogens is 328 g/mol. The van der Waals surface area contributed by atoms with Gasteiger partial charge in [0.25, 0.3) is 0 Å². The number of hydrogen-bond donors (Lipinski definition) is 0. The third kappa shape index (κ3) is 1.84. The normalized spacial score (nSPS) is 46.8. The SMILES string of the molecule is CC1(C)[C@H]2CC[C@@]1(C)C(=O)/C2=C\S/C=C1\C(=O)[C@@]2(C)CC[C@H]1C2(C)C. The van der Waals surface area contributed by atoms with Crippen LogP contribution < -0.4 is 0 Å². The van der Waals surface area contributed by atoms with Gasteiger partial charge in [-0.25, -0.2) is 0 Å². The van der Waals surface area contributed by atoms with Crippen molar-refractivity contribution in [2.45, 2.75) is 67.2 Å². The highest BCUT2D eigenvalue weighted by molar-refractivity contribution is 8.05. The summed E-state index contributed by atoms with van der Waals surface area (Å²) < 4.78 is 0. The zero-order valence-electron chi connectivity index (χ0n) is 16.4. The Balaban J connectivity index is 1.60. The molecule has 0 aromatic heterocycles. The lowest BCUT2D eigenvalue weighted by Gasteiger charge is -2.31. The summed E-state index contributed by atoms with van der Waals surface area (Å²) in [6.45, 7) is 13.3. The van der Waals surface area contributed by atoms with Crippen molar-refractivity contribution in [3.63, 3.8) is 0 Å². The van der Waals surface area contributed by atoms with Crippen LogP contribution in [0.2, 0.25) is 0 Å². The molecule has 0 N–H and O–H groups in total. The highest BCUT2D eigenvalue weighted by Gasteiger charge is 2.65. The molecule has 0 aliphatic heterocycles. The Hall–Kier alpha value is -0.830. The van der Waals surface area contributed by atoms with Gasteiger partial charge in [-0.05, 0) is 59.2 Å². The highest BCUT2D eigenvalue weighted by atomic mass is 32.2. The van der Waals surface area contributed by atoms with E-state index in [-0.39, 0.29) is 21.7 Å². The molecule has 4 fully saturated rings. The van der Waals surface area contributed by atoms with Gasteiger partial charge in [0, 0.05) is 22.0 Å². The van der Waals surface area contributed by atoms with Crippen molar-refractivity contribution >= 4 is 23.3 Å². The van der Waals surface area contributed by atoms with Crippen LogP contribution in [0, 0.1) is 33.5 Å². The van der Waals surface area contributed by atoms with Gasteiger partial charge in [-0.1, -0.05) is 41.5 Å². The standard InChI is InChI=1S/C22H30O2S/c1-19(2)15-7-9-21(19,5)17(23)13(15)11-25-12-14-16-8-10-22(6,18(14)24)20(16,3)4/h11-12,15-16H,7-10H2,1-6H3/b13-11-,14-12-/t15-,16+,21-,22+. The predicted octanol–water partition coefficient (Wildman–Crippen LogP) is 5.54. The van der Waals surface area contributed by atoms with E-state index < -0.39 is 0 Å². The fraction of sp³-hybridized carbons (Fsp3) is 0.727. The van der Waals surface area contributed by atoms with E-state index >= 15 is 0 Å². The molecule has 0 radical (unpaired) electrons. The zero-order valence-corrected chi connectivity index (χ0v) is 17.2. The number of fused-ring (bicyclic) bond motifs is 4. The number of carbonyl (C=O) groups is 2. The molecule has 0 spiro atoms. The number of hydrogen-bond acceptors (Lipinski definition) is 3. The van der Waals surface area contributed by atoms with E-state index in [4.69, 9.17) is 0 Å². The number of rotatable bonds is 2. The largest absolute Gasteiger partial charge is 0.294 e. The molecule has 4 rings (SSSR count). The van der Waals surface area contributed by atoms with E-state index in [1.807, 2.05) is 0 Å². The molecule has 0 saturated heterocycles. The minimum Gasteiger partial charge on any atom is -0.294 e. The summed E-state index contributed by atoms with van der Waals surface area (Å²) in [6, 6.07) is 0. The number of ketones is 2. The number of allylic oxidation sites excluding steroid dienone is 2. The van der Waals surface area contributed by atoms with Gasteiger partial charge < -0.3 is 0 Å². The second kappa shape index (κ2) is 4.91. The Labute approximate surface area is 155 Å². The van der Waals surface area contributed by atoms with Crippen LogP contribution in [0.15, 0.2) is 22.0 Å². The predicted molar refractivity (Wildman–Crippen MR) is 103 cm³/mol. The maximum Gasteiger partial charge on any atom is 0.166 e. The molecule has 2 nitrogen and oxygen atoms in total. The molecule has 4 atom stereocenters. The average molecular weight is 359 g/mol. The quantitative estimate of drug-likeness (QED) is 0.608. The summed E-state index contributed by atoms with van der Waals surface area (Å²) >= 11 is 1.57. The highest BCUT2D eigenvalue weighted by Crippen LogP contribution is 2.67. The van der Waals surface area contributed by atoms with Crippen molar-refractivity contribution < 1.29 is 9.59 Å². The van der Waals surface area contributed by atoms with E-state index in [0.717, 1.165) is 36.8 Å². The molecule has 4 bridgehead atoms. The summed E-state index contributed by atoms with van der Waals surface area (Å²) in [4.78, 5) is 25.8. The van der Waals surface area contributed by atoms with E-state index in [9.17, 15) is 9.59 Å². The van der Waals surface area contributed by atoms with Gasteiger partial charge in [0.2, 0.25) is 0 Å². The molecule has 3 heteroatoms. The van der Waals surface area contributed by atoms with Gasteiger partial charge in [-0.2, -0.15) is 0 Å². The summed E-state index contributed by atoms with van der Waals surface area (Å²) in [5, 5.41) is 4.11. The molecule has 4 saturated carbocycles. The summed E-state index contributed by atoms with van der Waals surface area (Å²) in [6.07, 6.45) is 4.26. The first-order chi connectivity index (χ1) is 11.5. The first kappa shape index (κ1) is 17.6. The van der Waals surface area contributed by atoms with Crippen LogP contribution in [0.5, 0.6) is 0 Å². The average Bonchev–Trinajstić information content (AvgIpc) is 3.01. The van der Waals surface area contributed by atoms with Gasteiger partial charge in [0.1, 0.15) is 0 Å². The molecule has 0 unspecified atom stereocenters. The number of thioether (sulfide) groups is 1. The van der Waals surface area contributed by atoms with Gasteiger partial charge in [-0.15, -0.1) is 11.8 Å². The Kier molecular flexibility index (Phi) is 3.45. The Morgan fingerprint density at radius 3 is 1.40 bits per heavy atom. The van der Waals surface area contributed by atoms with Gasteiger partial charge in [-0.3, -0.25) is 9.59 Å². The van der Waals surface area contributed by atoms with Crippen LogP contribution in [0.1, 0.15) is 67.2 Å². The van der Waals surface area contributed by atoms with Crippen LogP contribution in [-0.2, 0) is 9.59 Å². The maximum absolute atomic E-state index is 12.9. The summed E-state index contributed by atoms with van der Waals surface area (Å²) in [7, 11) is 0. The molecular formula is C22H30O2S. The van der Waals surface area contributed by atoms with E-state index in [0.29, 0.717) is 23.4 Å². The molecule has 4 aliphatic rings. The lowest BCUT2D eigenvalue weighted by atomic mass is 9.70. The second-order valence-corrected chi connectivity index (χ2v) is 11.0. The van der Waals surface area contributed by atoms with Gasteiger partial charge in [0.15, 0.2) is 11.6 Å². The molecule has 25 heavy (non-hydrogen) atoms. The third-order valence-corrected chi connectivity index (χ3v) is 9.90. The van der Waals surface area contributed by atoms with E-state index in [1.54, 1.807) is 11.8 Å². The molecule has 0 heterocycles. The van der Waals surface area contributed by atoms with E-state index in [2.05, 4.69) is 52.4 Å². The smallest absolute Gasteiger partial charge is 0.166 e. The van der Waals surface area contributed by atoms with Crippen molar-refractivity contribution in [1.29, 1.82) is 0 Å². The number of carbonyl (C=O) groups excluding carboxylic acids is 2. The van der Waals surface area contributed by atoms with Crippen molar-refractivity contribution in [2.24, 2.45) is 33.5 Å². The lowest BCUT2D eigenvalue weighted by molar-refractivity contribution is -0.126. The van der Waals surface area contributed by atoms with Crippen LogP contribution in [0.4, 0.5) is 0 Å². The van der Waals surface area contributed by atoms with E-state index in [1.165, 1.54) is 0 Å². The van der Waals surface area contributed by atoms with Crippen molar-refractivity contribution in [3.05, 3.63) is 22.0 Å². The molecule has 0 aromatic carbocycles. The Morgan fingerprint density at radius 1 is 0.760 bits per heavy atom. The number of Topliss-reactive ketones (excluding diaryl/α,β-unsaturated/α-hetero) is 2. The zero-order chi connectivity index (χ0) is 18.4. The maximum atomic E-state index is 12.9. The third-order valence-electron chi connectivity index (χ3n) is 9.12. The van der Waals surface area contributed by atoms with Crippen molar-refractivity contribution in [1.82, 2.24) is 0 Å². The van der Waals surface area contributed by atoms with Crippen LogP contribution in [0.25, 0.3) is 0 Å². The van der Waals surface area contributed by atoms with Crippen LogP contribution >= 0.6 is 11.8 Å². The second-order valence-electron chi connectivity index (χ2n) is 10.2. The van der Waals surface area contributed by atoms with Crippen LogP contribution in [0.3, 0.4) is 0 Å². The Morgan fingerprint density at radius 2 is 1.12 bits per heavy atom. The summed E-state index contributed by atoms with van der Waals surface area (Å²) in [5.74, 6) is 1.43. The Bertz CT molecular complexity index is 679. The van der Waals surface area contributed by atoms with Crippen molar-refractivity contribution in [2.75, 3.05) is 0 Å². The summed E-state index contributed by atoms with van der Waals surface area (Å²) in [5.41, 5.74) is 1.72. The fourth-order valence-corrected chi connectivity index (χ4v) is 7.21. The first-order valence-electron chi connectivity index (χ1n) is 9.64. The van der Waals surface area contributed by atoms with Crippen LogP contribution in [-0.4, -0.2) is 11.6 Å². The molecule has 0 amide bonds. The monoisotopic (exact) mass is 358 g/mol. The lowest BCUT2D eigenvalue weighted by Crippen LogP contribution is -2.32. The molecule has 4 aliphatic carbocycles. The van der Waals surface area contributed by atoms with Crippen molar-refractivity contribution in [3.8, 4) is 0 Å². The fourth-order valence-electron chi connectivity index (χ4n) is 6.31. The topological polar surface area (TPSA) is 34.1 Å². The minimum absolute atomic E-state index is 0.0569.